The monoisotopic (exact) mass is 346 g/mol. The smallest absolute Gasteiger partial charge is 0.315 e. The molecule has 0 saturated carbocycles. The summed E-state index contributed by atoms with van der Waals surface area (Å²) in [6.07, 6.45) is 2.03. The van der Waals surface area contributed by atoms with Crippen LogP contribution in [0.1, 0.15) is 69.2 Å². The van der Waals surface area contributed by atoms with E-state index < -0.39 is 0 Å². The standard InChI is InChI=1S/C17H26N6O2/c1-10(2)13-8-12(25-22-13)9-18-17(24)19-15(11(3)4)16-21-20-14-6-5-7-23(14)16/h8,10-11,15H,5-7,9H2,1-4H3,(H2,18,19,24)/t15-/m0/s1. The predicted octanol–water partition coefficient (Wildman–Crippen LogP) is 2.53. The maximum Gasteiger partial charge on any atom is 0.315 e. The van der Waals surface area contributed by atoms with Crippen LogP contribution in [-0.2, 0) is 19.5 Å². The highest BCUT2D eigenvalue weighted by molar-refractivity contribution is 5.74. The molecule has 2 amide bonds. The van der Waals surface area contributed by atoms with Crippen molar-refractivity contribution in [3.8, 4) is 0 Å². The number of nitrogens with zero attached hydrogens (tertiary/aromatic N) is 4. The first-order chi connectivity index (χ1) is 12.0. The van der Waals surface area contributed by atoms with Crippen molar-refractivity contribution in [3.63, 3.8) is 0 Å². The first kappa shape index (κ1) is 17.4. The molecule has 0 aliphatic carbocycles. The molecule has 0 aromatic carbocycles. The number of carbonyl (C=O) groups excluding carboxylic acids is 1. The lowest BCUT2D eigenvalue weighted by Crippen LogP contribution is -2.40. The number of hydrogen-bond donors (Lipinski definition) is 2. The molecule has 0 bridgehead atoms. The number of rotatable bonds is 6. The second-order valence-electron chi connectivity index (χ2n) is 7.15. The Bertz CT molecular complexity index is 733. The predicted molar refractivity (Wildman–Crippen MR) is 91.9 cm³/mol. The fraction of sp³-hybridized carbons (Fsp3) is 0.647. The molecule has 2 aromatic rings. The van der Waals surface area contributed by atoms with Gasteiger partial charge >= 0.3 is 6.03 Å². The molecule has 2 aromatic heterocycles. The van der Waals surface area contributed by atoms with E-state index in [0.29, 0.717) is 18.2 Å². The van der Waals surface area contributed by atoms with Crippen molar-refractivity contribution in [2.75, 3.05) is 0 Å². The third kappa shape index (κ3) is 3.83. The van der Waals surface area contributed by atoms with Crippen LogP contribution in [0.3, 0.4) is 0 Å². The Morgan fingerprint density at radius 2 is 2.12 bits per heavy atom. The third-order valence-electron chi connectivity index (χ3n) is 4.46. The molecule has 8 heteroatoms. The number of fused-ring (bicyclic) bond motifs is 1. The highest BCUT2D eigenvalue weighted by atomic mass is 16.5. The van der Waals surface area contributed by atoms with E-state index in [-0.39, 0.29) is 18.0 Å². The molecule has 25 heavy (non-hydrogen) atoms. The van der Waals surface area contributed by atoms with Crippen LogP contribution in [0.5, 0.6) is 0 Å². The summed E-state index contributed by atoms with van der Waals surface area (Å²) in [5, 5.41) is 18.4. The summed E-state index contributed by atoms with van der Waals surface area (Å²) < 4.78 is 7.36. The van der Waals surface area contributed by atoms with Crippen molar-refractivity contribution in [3.05, 3.63) is 29.2 Å². The molecule has 0 fully saturated rings. The molecule has 0 unspecified atom stereocenters. The SMILES string of the molecule is CC(C)c1cc(CNC(=O)N[C@H](c2nnc3n2CCC3)C(C)C)on1. The van der Waals surface area contributed by atoms with Gasteiger partial charge in [0.15, 0.2) is 11.6 Å². The maximum absolute atomic E-state index is 12.3. The molecule has 2 N–H and O–H groups in total. The van der Waals surface area contributed by atoms with Gasteiger partial charge in [0.1, 0.15) is 5.82 Å². The van der Waals surface area contributed by atoms with E-state index >= 15 is 0 Å². The minimum atomic E-state index is -0.253. The summed E-state index contributed by atoms with van der Waals surface area (Å²) in [4.78, 5) is 12.3. The van der Waals surface area contributed by atoms with Gasteiger partial charge in [-0.05, 0) is 18.3 Å². The van der Waals surface area contributed by atoms with Crippen LogP contribution < -0.4 is 10.6 Å². The van der Waals surface area contributed by atoms with Gasteiger partial charge in [-0.25, -0.2) is 4.79 Å². The van der Waals surface area contributed by atoms with E-state index in [1.54, 1.807) is 0 Å². The summed E-state index contributed by atoms with van der Waals surface area (Å²) in [6, 6.07) is 1.44. The molecule has 3 heterocycles. The van der Waals surface area contributed by atoms with Gasteiger partial charge in [0, 0.05) is 19.0 Å². The largest absolute Gasteiger partial charge is 0.359 e. The van der Waals surface area contributed by atoms with E-state index in [4.69, 9.17) is 4.52 Å². The quantitative estimate of drug-likeness (QED) is 0.837. The van der Waals surface area contributed by atoms with Gasteiger partial charge in [-0.2, -0.15) is 0 Å². The number of hydrogen-bond acceptors (Lipinski definition) is 5. The van der Waals surface area contributed by atoms with Gasteiger partial charge in [-0.15, -0.1) is 10.2 Å². The second kappa shape index (κ2) is 7.25. The molecule has 8 nitrogen and oxygen atoms in total. The van der Waals surface area contributed by atoms with Crippen molar-refractivity contribution in [2.45, 2.75) is 65.6 Å². The lowest BCUT2D eigenvalue weighted by molar-refractivity contribution is 0.229. The first-order valence-corrected chi connectivity index (χ1v) is 8.87. The zero-order chi connectivity index (χ0) is 18.0. The van der Waals surface area contributed by atoms with E-state index in [1.165, 1.54) is 0 Å². The van der Waals surface area contributed by atoms with Crippen molar-refractivity contribution in [1.82, 2.24) is 30.6 Å². The molecular formula is C17H26N6O2. The average molecular weight is 346 g/mol. The van der Waals surface area contributed by atoms with Crippen LogP contribution in [0, 0.1) is 5.92 Å². The molecular weight excluding hydrogens is 320 g/mol. The molecule has 0 radical (unpaired) electrons. The number of aromatic nitrogens is 4. The zero-order valence-electron chi connectivity index (χ0n) is 15.2. The van der Waals surface area contributed by atoms with E-state index in [0.717, 1.165) is 36.7 Å². The summed E-state index contributed by atoms with van der Waals surface area (Å²) in [5.41, 5.74) is 0.885. The topological polar surface area (TPSA) is 97.9 Å². The second-order valence-corrected chi connectivity index (χ2v) is 7.15. The third-order valence-corrected chi connectivity index (χ3v) is 4.46. The number of carbonyl (C=O) groups is 1. The van der Waals surface area contributed by atoms with Gasteiger partial charge in [0.05, 0.1) is 18.3 Å². The van der Waals surface area contributed by atoms with Crippen LogP contribution in [-0.4, -0.2) is 26.0 Å². The molecule has 0 spiro atoms. The number of aryl methyl sites for hydroxylation is 1. The van der Waals surface area contributed by atoms with Gasteiger partial charge in [0.25, 0.3) is 0 Å². The Labute approximate surface area is 147 Å². The Hall–Kier alpha value is -2.38. The van der Waals surface area contributed by atoms with Crippen LogP contribution in [0.15, 0.2) is 10.6 Å². The van der Waals surface area contributed by atoms with Gasteiger partial charge in [0.2, 0.25) is 0 Å². The van der Waals surface area contributed by atoms with Crippen LogP contribution >= 0.6 is 0 Å². The van der Waals surface area contributed by atoms with Crippen molar-refractivity contribution < 1.29 is 9.32 Å². The lowest BCUT2D eigenvalue weighted by atomic mass is 10.0. The van der Waals surface area contributed by atoms with Gasteiger partial charge in [-0.1, -0.05) is 32.9 Å². The van der Waals surface area contributed by atoms with Gasteiger partial charge in [-0.3, -0.25) is 0 Å². The highest BCUT2D eigenvalue weighted by Crippen LogP contribution is 2.24. The molecule has 1 aliphatic rings. The van der Waals surface area contributed by atoms with Crippen molar-refractivity contribution >= 4 is 6.03 Å². The van der Waals surface area contributed by atoms with Gasteiger partial charge < -0.3 is 19.7 Å². The minimum absolute atomic E-state index is 0.180. The molecule has 1 atom stereocenters. The Balaban J connectivity index is 1.61. The van der Waals surface area contributed by atoms with Crippen molar-refractivity contribution in [2.24, 2.45) is 5.92 Å². The van der Waals surface area contributed by atoms with E-state index in [2.05, 4.69) is 44.4 Å². The van der Waals surface area contributed by atoms with E-state index in [1.807, 2.05) is 19.9 Å². The fourth-order valence-electron chi connectivity index (χ4n) is 2.98. The Kier molecular flexibility index (Phi) is 5.06. The molecule has 136 valence electrons. The Morgan fingerprint density at radius 1 is 1.32 bits per heavy atom. The number of urea groups is 1. The van der Waals surface area contributed by atoms with Crippen LogP contribution in [0.4, 0.5) is 4.79 Å². The van der Waals surface area contributed by atoms with E-state index in [9.17, 15) is 4.79 Å². The summed E-state index contributed by atoms with van der Waals surface area (Å²) >= 11 is 0. The average Bonchev–Trinajstić information content (AvgIpc) is 3.26. The van der Waals surface area contributed by atoms with Crippen LogP contribution in [0.2, 0.25) is 0 Å². The molecule has 1 aliphatic heterocycles. The van der Waals surface area contributed by atoms with Crippen LogP contribution in [0.25, 0.3) is 0 Å². The summed E-state index contributed by atoms with van der Waals surface area (Å²) in [7, 11) is 0. The minimum Gasteiger partial charge on any atom is -0.359 e. The number of nitrogens with one attached hydrogen (secondary N) is 2. The summed E-state index contributed by atoms with van der Waals surface area (Å²) in [6.45, 7) is 9.44. The highest BCUT2D eigenvalue weighted by Gasteiger charge is 2.27. The maximum atomic E-state index is 12.3. The first-order valence-electron chi connectivity index (χ1n) is 8.87. The molecule has 3 rings (SSSR count). The number of amides is 2. The fourth-order valence-corrected chi connectivity index (χ4v) is 2.98. The van der Waals surface area contributed by atoms with Crippen molar-refractivity contribution in [1.29, 1.82) is 0 Å². The normalized spacial score (nSPS) is 14.8. The zero-order valence-corrected chi connectivity index (χ0v) is 15.2. The lowest BCUT2D eigenvalue weighted by Gasteiger charge is -2.22. The Morgan fingerprint density at radius 3 is 2.80 bits per heavy atom. The molecule has 0 saturated heterocycles. The summed E-state index contributed by atoms with van der Waals surface area (Å²) in [5.74, 6) is 2.98.